The fraction of sp³-hybridized carbons (Fsp3) is 0.500. The Morgan fingerprint density at radius 3 is 2.60 bits per heavy atom. The highest BCUT2D eigenvalue weighted by Crippen LogP contribution is 2.09. The zero-order chi connectivity index (χ0) is 7.98. The van der Waals surface area contributed by atoms with E-state index in [9.17, 15) is 4.39 Å². The van der Waals surface area contributed by atoms with E-state index in [2.05, 4.69) is 6.58 Å². The van der Waals surface area contributed by atoms with Crippen LogP contribution in [0.2, 0.25) is 0 Å². The van der Waals surface area contributed by atoms with Crippen LogP contribution in [0.3, 0.4) is 0 Å². The van der Waals surface area contributed by atoms with Crippen LogP contribution in [0.4, 0.5) is 4.39 Å². The van der Waals surface area contributed by atoms with Crippen LogP contribution < -0.4 is 0 Å². The van der Waals surface area contributed by atoms with Crippen molar-refractivity contribution in [2.24, 2.45) is 0 Å². The van der Waals surface area contributed by atoms with Gasteiger partial charge in [-0.15, -0.1) is 12.1 Å². The van der Waals surface area contributed by atoms with Gasteiger partial charge in [0.2, 0.25) is 0 Å². The maximum Gasteiger partial charge on any atom is 0.106 e. The van der Waals surface area contributed by atoms with Crippen molar-refractivity contribution in [3.8, 4) is 0 Å². The lowest BCUT2D eigenvalue weighted by Crippen LogP contribution is -1.80. The van der Waals surface area contributed by atoms with Crippen molar-refractivity contribution in [1.29, 1.82) is 0 Å². The molecule has 0 aromatic rings. The molecule has 0 aromatic heterocycles. The molecule has 0 bridgehead atoms. The van der Waals surface area contributed by atoms with E-state index in [-0.39, 0.29) is 5.83 Å². The first kappa shape index (κ1) is 9.47. The quantitative estimate of drug-likeness (QED) is 0.524. The number of hydrogen-bond acceptors (Lipinski definition) is 0. The molecule has 0 saturated heterocycles. The largest absolute Gasteiger partial charge is 0.212 e. The predicted octanol–water partition coefficient (Wildman–Crippen LogP) is 2.71. The SMILES string of the molecule is [B]C(=C)CC/C(F)=C\CC. The molecule has 54 valence electrons. The summed E-state index contributed by atoms with van der Waals surface area (Å²) in [5, 5.41) is 0. The molecule has 0 nitrogen and oxygen atoms in total. The molecule has 0 aliphatic heterocycles. The van der Waals surface area contributed by atoms with Crippen LogP contribution in [0.1, 0.15) is 26.2 Å². The second-order valence-electron chi connectivity index (χ2n) is 2.22. The Morgan fingerprint density at radius 1 is 1.60 bits per heavy atom. The summed E-state index contributed by atoms with van der Waals surface area (Å²) in [7, 11) is 5.25. The summed E-state index contributed by atoms with van der Waals surface area (Å²) in [6.45, 7) is 5.37. The van der Waals surface area contributed by atoms with Crippen molar-refractivity contribution in [2.45, 2.75) is 26.2 Å². The predicted molar refractivity (Wildman–Crippen MR) is 43.6 cm³/mol. The van der Waals surface area contributed by atoms with E-state index in [4.69, 9.17) is 7.85 Å². The summed E-state index contributed by atoms with van der Waals surface area (Å²) in [5.74, 6) is -0.0888. The molecule has 0 aromatic carbocycles. The molecule has 2 radical (unpaired) electrons. The summed E-state index contributed by atoms with van der Waals surface area (Å²) in [4.78, 5) is 0. The first-order valence-electron chi connectivity index (χ1n) is 3.44. The van der Waals surface area contributed by atoms with E-state index in [1.807, 2.05) is 6.92 Å². The molecule has 0 spiro atoms. The first-order valence-corrected chi connectivity index (χ1v) is 3.44. The summed E-state index contributed by atoms with van der Waals surface area (Å²) < 4.78 is 12.5. The summed E-state index contributed by atoms with van der Waals surface area (Å²) in [6, 6.07) is 0. The molecule has 0 fully saturated rings. The highest BCUT2D eigenvalue weighted by molar-refractivity contribution is 6.21. The minimum atomic E-state index is -0.0888. The summed E-state index contributed by atoms with van der Waals surface area (Å²) >= 11 is 0. The first-order chi connectivity index (χ1) is 4.66. The van der Waals surface area contributed by atoms with E-state index >= 15 is 0 Å². The zero-order valence-electron chi connectivity index (χ0n) is 6.36. The average Bonchev–Trinajstić information content (AvgIpc) is 1.85. The van der Waals surface area contributed by atoms with E-state index in [0.717, 1.165) is 6.42 Å². The molecular weight excluding hydrogens is 126 g/mol. The molecule has 0 aliphatic carbocycles. The standard InChI is InChI=1S/C8H12BF/c1-3-4-8(10)6-5-7(2)9/h4H,2-3,5-6H2,1H3/b8-4+. The van der Waals surface area contributed by atoms with E-state index in [1.165, 1.54) is 0 Å². The molecule has 10 heavy (non-hydrogen) atoms. The summed E-state index contributed by atoms with van der Waals surface area (Å²) in [6.07, 6.45) is 3.23. The van der Waals surface area contributed by atoms with Gasteiger partial charge in [0.05, 0.1) is 5.83 Å². The summed E-state index contributed by atoms with van der Waals surface area (Å²) in [5.41, 5.74) is 0.541. The lowest BCUT2D eigenvalue weighted by Gasteiger charge is -1.95. The maximum atomic E-state index is 12.5. The van der Waals surface area contributed by atoms with Gasteiger partial charge in [-0.1, -0.05) is 13.0 Å². The van der Waals surface area contributed by atoms with Crippen molar-refractivity contribution < 1.29 is 4.39 Å². The lowest BCUT2D eigenvalue weighted by molar-refractivity contribution is 0.585. The molecule has 0 atom stereocenters. The van der Waals surface area contributed by atoms with Gasteiger partial charge in [-0.05, 0) is 12.8 Å². The van der Waals surface area contributed by atoms with Gasteiger partial charge in [-0.3, -0.25) is 0 Å². The molecule has 0 heterocycles. The van der Waals surface area contributed by atoms with E-state index in [1.54, 1.807) is 6.08 Å². The number of rotatable bonds is 4. The second kappa shape index (κ2) is 5.27. The van der Waals surface area contributed by atoms with Gasteiger partial charge < -0.3 is 0 Å². The van der Waals surface area contributed by atoms with Crippen LogP contribution in [0.15, 0.2) is 24.0 Å². The van der Waals surface area contributed by atoms with E-state index < -0.39 is 0 Å². The Balaban J connectivity index is 3.48. The maximum absolute atomic E-state index is 12.5. The fourth-order valence-corrected chi connectivity index (χ4v) is 0.604. The normalized spacial score (nSPS) is 11.6. The topological polar surface area (TPSA) is 0 Å². The highest BCUT2D eigenvalue weighted by Gasteiger charge is 1.92. The van der Waals surface area contributed by atoms with E-state index in [0.29, 0.717) is 18.3 Å². The van der Waals surface area contributed by atoms with Crippen LogP contribution in [0.5, 0.6) is 0 Å². The minimum absolute atomic E-state index is 0.0888. The minimum Gasteiger partial charge on any atom is -0.212 e. The van der Waals surface area contributed by atoms with Crippen LogP contribution in [0.25, 0.3) is 0 Å². The molecule has 0 amide bonds. The van der Waals surface area contributed by atoms with Crippen molar-refractivity contribution in [1.82, 2.24) is 0 Å². The molecule has 0 N–H and O–H groups in total. The van der Waals surface area contributed by atoms with Gasteiger partial charge in [0, 0.05) is 6.42 Å². The second-order valence-corrected chi connectivity index (χ2v) is 2.22. The van der Waals surface area contributed by atoms with Crippen LogP contribution in [0, 0.1) is 0 Å². The molecule has 0 rings (SSSR count). The Labute approximate surface area is 63.2 Å². The van der Waals surface area contributed by atoms with Gasteiger partial charge in [0.15, 0.2) is 0 Å². The molecule has 0 aliphatic rings. The zero-order valence-corrected chi connectivity index (χ0v) is 6.36. The van der Waals surface area contributed by atoms with Crippen molar-refractivity contribution in [3.05, 3.63) is 24.0 Å². The lowest BCUT2D eigenvalue weighted by atomic mass is 9.93. The Hall–Kier alpha value is -0.525. The van der Waals surface area contributed by atoms with Gasteiger partial charge in [0.1, 0.15) is 7.85 Å². The fourth-order valence-electron chi connectivity index (χ4n) is 0.604. The monoisotopic (exact) mass is 138 g/mol. The third-order valence-corrected chi connectivity index (χ3v) is 1.11. The molecule has 2 heteroatoms. The Morgan fingerprint density at radius 2 is 2.20 bits per heavy atom. The molecular formula is C8H12BF. The van der Waals surface area contributed by atoms with Gasteiger partial charge in [0.25, 0.3) is 0 Å². The van der Waals surface area contributed by atoms with Gasteiger partial charge in [-0.25, -0.2) is 4.39 Å². The smallest absolute Gasteiger partial charge is 0.106 e. The Bertz CT molecular complexity index is 138. The van der Waals surface area contributed by atoms with Crippen LogP contribution in [-0.2, 0) is 0 Å². The van der Waals surface area contributed by atoms with Crippen molar-refractivity contribution in [3.63, 3.8) is 0 Å². The Kier molecular flexibility index (Phi) is 5.00. The molecule has 0 saturated carbocycles. The average molecular weight is 138 g/mol. The number of allylic oxidation sites excluding steroid dienone is 3. The number of halogens is 1. The highest BCUT2D eigenvalue weighted by atomic mass is 19.1. The van der Waals surface area contributed by atoms with Crippen LogP contribution in [-0.4, -0.2) is 7.85 Å². The number of hydrogen-bond donors (Lipinski definition) is 0. The molecule has 0 unspecified atom stereocenters. The van der Waals surface area contributed by atoms with Crippen molar-refractivity contribution in [2.75, 3.05) is 0 Å². The van der Waals surface area contributed by atoms with Gasteiger partial charge in [-0.2, -0.15) is 0 Å². The third kappa shape index (κ3) is 5.61. The van der Waals surface area contributed by atoms with Gasteiger partial charge >= 0.3 is 0 Å². The third-order valence-electron chi connectivity index (χ3n) is 1.11. The van der Waals surface area contributed by atoms with Crippen molar-refractivity contribution >= 4 is 7.85 Å². The van der Waals surface area contributed by atoms with Crippen LogP contribution >= 0.6 is 0 Å².